The number of nitrogens with one attached hydrogen (secondary N) is 2. The van der Waals surface area contributed by atoms with Gasteiger partial charge < -0.3 is 15.4 Å². The second-order valence-electron chi connectivity index (χ2n) is 6.27. The monoisotopic (exact) mass is 396 g/mol. The fourth-order valence-corrected chi connectivity index (χ4v) is 3.36. The van der Waals surface area contributed by atoms with Crippen LogP contribution in [0, 0.1) is 0 Å². The van der Waals surface area contributed by atoms with Crippen LogP contribution < -0.4 is 10.6 Å². The molecule has 6 nitrogen and oxygen atoms in total. The summed E-state index contributed by atoms with van der Waals surface area (Å²) < 4.78 is 5.34. The van der Waals surface area contributed by atoms with Crippen molar-refractivity contribution >= 4 is 45.6 Å². The van der Waals surface area contributed by atoms with Crippen molar-refractivity contribution in [2.24, 2.45) is 0 Å². The van der Waals surface area contributed by atoms with Crippen LogP contribution in [0.3, 0.4) is 0 Å². The summed E-state index contributed by atoms with van der Waals surface area (Å²) in [6, 6.07) is 14.7. The number of benzene rings is 2. The molecule has 1 unspecified atom stereocenters. The van der Waals surface area contributed by atoms with E-state index < -0.39 is 12.1 Å². The minimum atomic E-state index is -0.968. The molecule has 0 aliphatic rings. The SMILES string of the molecule is CC(=O)Nc1cc2ccccc2cc1C(=O)OC(C)C(=O)NCc1cccs1. The summed E-state index contributed by atoms with van der Waals surface area (Å²) in [5.41, 5.74) is 0.550. The van der Waals surface area contributed by atoms with Gasteiger partial charge >= 0.3 is 5.97 Å². The number of ether oxygens (including phenoxy) is 1. The van der Waals surface area contributed by atoms with Crippen LogP contribution in [0.4, 0.5) is 5.69 Å². The van der Waals surface area contributed by atoms with Crippen LogP contribution in [0.2, 0.25) is 0 Å². The number of amides is 2. The molecule has 3 aromatic rings. The topological polar surface area (TPSA) is 84.5 Å². The summed E-state index contributed by atoms with van der Waals surface area (Å²) in [5.74, 6) is -1.36. The zero-order valence-electron chi connectivity index (χ0n) is 15.5. The number of hydrogen-bond acceptors (Lipinski definition) is 5. The Bertz CT molecular complexity index is 1010. The normalized spacial score (nSPS) is 11.6. The highest BCUT2D eigenvalue weighted by molar-refractivity contribution is 7.09. The molecule has 0 spiro atoms. The van der Waals surface area contributed by atoms with Gasteiger partial charge in [-0.25, -0.2) is 4.79 Å². The second kappa shape index (κ2) is 8.67. The summed E-state index contributed by atoms with van der Waals surface area (Å²) in [7, 11) is 0. The molecule has 7 heteroatoms. The van der Waals surface area contributed by atoms with Crippen molar-refractivity contribution in [3.05, 3.63) is 64.4 Å². The fourth-order valence-electron chi connectivity index (χ4n) is 2.71. The lowest BCUT2D eigenvalue weighted by molar-refractivity contribution is -0.129. The lowest BCUT2D eigenvalue weighted by Crippen LogP contribution is -2.35. The first-order valence-electron chi connectivity index (χ1n) is 8.75. The number of rotatable bonds is 6. The molecule has 0 aliphatic heterocycles. The number of hydrogen-bond donors (Lipinski definition) is 2. The van der Waals surface area contributed by atoms with Gasteiger partial charge in [0, 0.05) is 11.8 Å². The molecular weight excluding hydrogens is 376 g/mol. The molecule has 1 heterocycles. The highest BCUT2D eigenvalue weighted by atomic mass is 32.1. The van der Waals surface area contributed by atoms with Crippen molar-refractivity contribution in [1.82, 2.24) is 5.32 Å². The van der Waals surface area contributed by atoms with E-state index in [1.165, 1.54) is 25.2 Å². The minimum Gasteiger partial charge on any atom is -0.449 e. The Morgan fingerprint density at radius 3 is 2.43 bits per heavy atom. The number of fused-ring (bicyclic) bond motifs is 1. The highest BCUT2D eigenvalue weighted by Crippen LogP contribution is 2.25. The Morgan fingerprint density at radius 1 is 1.07 bits per heavy atom. The Hall–Kier alpha value is -3.19. The van der Waals surface area contributed by atoms with Gasteiger partial charge in [0.15, 0.2) is 6.10 Å². The summed E-state index contributed by atoms with van der Waals surface area (Å²) in [6.07, 6.45) is -0.968. The van der Waals surface area contributed by atoms with Crippen molar-refractivity contribution in [1.29, 1.82) is 0 Å². The minimum absolute atomic E-state index is 0.201. The predicted octanol–water partition coefficient (Wildman–Crippen LogP) is 3.72. The van der Waals surface area contributed by atoms with Crippen molar-refractivity contribution in [2.75, 3.05) is 5.32 Å². The molecule has 0 radical (unpaired) electrons. The highest BCUT2D eigenvalue weighted by Gasteiger charge is 2.22. The van der Waals surface area contributed by atoms with Crippen LogP contribution >= 0.6 is 11.3 Å². The van der Waals surface area contributed by atoms with Gasteiger partial charge in [-0.1, -0.05) is 30.3 Å². The molecule has 2 N–H and O–H groups in total. The Labute approximate surface area is 166 Å². The van der Waals surface area contributed by atoms with E-state index in [0.717, 1.165) is 15.6 Å². The van der Waals surface area contributed by atoms with E-state index >= 15 is 0 Å². The molecule has 144 valence electrons. The lowest BCUT2D eigenvalue weighted by Gasteiger charge is -2.16. The van der Waals surface area contributed by atoms with E-state index in [9.17, 15) is 14.4 Å². The maximum Gasteiger partial charge on any atom is 0.341 e. The largest absolute Gasteiger partial charge is 0.449 e. The molecule has 0 fully saturated rings. The smallest absolute Gasteiger partial charge is 0.341 e. The van der Waals surface area contributed by atoms with Crippen LogP contribution in [0.5, 0.6) is 0 Å². The molecule has 2 aromatic carbocycles. The standard InChI is InChI=1S/C21H20N2O4S/c1-13(20(25)22-12-17-8-5-9-28-17)27-21(26)18-10-15-6-3-4-7-16(15)11-19(18)23-14(2)24/h3-11,13H,12H2,1-2H3,(H,22,25)(H,23,24). The average molecular weight is 396 g/mol. The first-order valence-corrected chi connectivity index (χ1v) is 9.63. The maximum absolute atomic E-state index is 12.7. The molecular formula is C21H20N2O4S. The Balaban J connectivity index is 1.75. The Kier molecular flexibility index (Phi) is 6.06. The summed E-state index contributed by atoms with van der Waals surface area (Å²) in [5, 5.41) is 9.03. The fraction of sp³-hybridized carbons (Fsp3) is 0.190. The third-order valence-corrected chi connectivity index (χ3v) is 4.96. The lowest BCUT2D eigenvalue weighted by atomic mass is 10.0. The van der Waals surface area contributed by atoms with Crippen molar-refractivity contribution in [3.63, 3.8) is 0 Å². The molecule has 1 atom stereocenters. The predicted molar refractivity (Wildman–Crippen MR) is 109 cm³/mol. The molecule has 0 saturated heterocycles. The van der Waals surface area contributed by atoms with E-state index in [0.29, 0.717) is 12.2 Å². The number of esters is 1. The van der Waals surface area contributed by atoms with Gasteiger partial charge in [-0.05, 0) is 41.3 Å². The van der Waals surface area contributed by atoms with Crippen LogP contribution in [0.1, 0.15) is 29.1 Å². The summed E-state index contributed by atoms with van der Waals surface area (Å²) in [6.45, 7) is 3.26. The average Bonchev–Trinajstić information content (AvgIpc) is 3.18. The van der Waals surface area contributed by atoms with E-state index in [4.69, 9.17) is 4.74 Å². The molecule has 0 bridgehead atoms. The molecule has 2 amide bonds. The van der Waals surface area contributed by atoms with Gasteiger partial charge in [0.05, 0.1) is 17.8 Å². The number of carbonyl (C=O) groups is 3. The second-order valence-corrected chi connectivity index (χ2v) is 7.30. The van der Waals surface area contributed by atoms with Gasteiger partial charge in [0.25, 0.3) is 5.91 Å². The van der Waals surface area contributed by atoms with E-state index in [-0.39, 0.29) is 17.4 Å². The van der Waals surface area contributed by atoms with Crippen LogP contribution in [-0.2, 0) is 20.9 Å². The molecule has 0 saturated carbocycles. The first kappa shape index (κ1) is 19.6. The first-order chi connectivity index (χ1) is 13.4. The van der Waals surface area contributed by atoms with Gasteiger partial charge in [0.1, 0.15) is 0 Å². The van der Waals surface area contributed by atoms with Crippen LogP contribution in [0.25, 0.3) is 10.8 Å². The molecule has 28 heavy (non-hydrogen) atoms. The van der Waals surface area contributed by atoms with Gasteiger partial charge in [-0.2, -0.15) is 0 Å². The van der Waals surface area contributed by atoms with E-state index in [1.807, 2.05) is 41.8 Å². The number of carbonyl (C=O) groups excluding carboxylic acids is 3. The Morgan fingerprint density at radius 2 is 1.79 bits per heavy atom. The quantitative estimate of drug-likeness (QED) is 0.622. The third-order valence-electron chi connectivity index (χ3n) is 4.09. The zero-order valence-corrected chi connectivity index (χ0v) is 16.3. The van der Waals surface area contributed by atoms with Crippen molar-refractivity contribution in [3.8, 4) is 0 Å². The number of thiophene rings is 1. The molecule has 1 aromatic heterocycles. The third kappa shape index (κ3) is 4.75. The van der Waals surface area contributed by atoms with Gasteiger partial charge in [-0.15, -0.1) is 11.3 Å². The molecule has 0 aliphatic carbocycles. The van der Waals surface area contributed by atoms with E-state index in [1.54, 1.807) is 12.1 Å². The zero-order chi connectivity index (χ0) is 20.1. The van der Waals surface area contributed by atoms with Crippen molar-refractivity contribution in [2.45, 2.75) is 26.5 Å². The van der Waals surface area contributed by atoms with Gasteiger partial charge in [-0.3, -0.25) is 9.59 Å². The molecule has 3 rings (SSSR count). The van der Waals surface area contributed by atoms with Gasteiger partial charge in [0.2, 0.25) is 5.91 Å². The number of anilines is 1. The summed E-state index contributed by atoms with van der Waals surface area (Å²) >= 11 is 1.53. The van der Waals surface area contributed by atoms with Crippen LogP contribution in [-0.4, -0.2) is 23.9 Å². The van der Waals surface area contributed by atoms with Crippen LogP contribution in [0.15, 0.2) is 53.9 Å². The maximum atomic E-state index is 12.7. The van der Waals surface area contributed by atoms with E-state index in [2.05, 4.69) is 10.6 Å². The van der Waals surface area contributed by atoms with Crippen molar-refractivity contribution < 1.29 is 19.1 Å². The summed E-state index contributed by atoms with van der Waals surface area (Å²) in [4.78, 5) is 37.4.